The lowest BCUT2D eigenvalue weighted by Gasteiger charge is -2.21. The zero-order chi connectivity index (χ0) is 50.2. The van der Waals surface area contributed by atoms with Crippen LogP contribution in [0.5, 0.6) is 0 Å². The second-order valence-corrected chi connectivity index (χ2v) is 22.4. The predicted octanol–water partition coefficient (Wildman–Crippen LogP) is 10.4. The van der Waals surface area contributed by atoms with E-state index < -0.39 is 83.7 Å². The number of hydrogen-bond donors (Lipinski definition) is 5. The molecule has 1 fully saturated rings. The van der Waals surface area contributed by atoms with Gasteiger partial charge in [-0.05, 0) is 30.7 Å². The Bertz CT molecular complexity index is 1670. The van der Waals surface area contributed by atoms with E-state index in [0.717, 1.165) is 67.8 Å². The Hall–Kier alpha value is -2.24. The van der Waals surface area contributed by atoms with Crippen LogP contribution in [-0.2, 0) is 46.3 Å². The Kier molecular flexibility index (Phi) is 32.6. The molecular formula is C48H89N3O15P2. The quantitative estimate of drug-likeness (QED) is 0.0231. The fourth-order valence-electron chi connectivity index (χ4n) is 8.04. The van der Waals surface area contributed by atoms with Crippen molar-refractivity contribution < 1.29 is 66.3 Å². The van der Waals surface area contributed by atoms with Crippen molar-refractivity contribution >= 4 is 33.4 Å². The highest BCUT2D eigenvalue weighted by molar-refractivity contribution is 7.61. The molecule has 1 aromatic rings. The second-order valence-electron chi connectivity index (χ2n) is 19.3. The van der Waals surface area contributed by atoms with E-state index in [1.54, 1.807) is 0 Å². The van der Waals surface area contributed by atoms with Gasteiger partial charge in [0.15, 0.2) is 12.3 Å². The Balaban J connectivity index is 1.78. The molecule has 0 aliphatic carbocycles. The van der Waals surface area contributed by atoms with Crippen LogP contribution in [0.2, 0.25) is 0 Å². The first-order chi connectivity index (χ1) is 32.4. The number of aliphatic hydroxyl groups excluding tert-OH is 2. The fourth-order valence-corrected chi connectivity index (χ4v) is 10.1. The van der Waals surface area contributed by atoms with Gasteiger partial charge in [0.1, 0.15) is 30.7 Å². The smallest absolute Gasteiger partial charge is 0.462 e. The van der Waals surface area contributed by atoms with E-state index in [1.165, 1.54) is 115 Å². The van der Waals surface area contributed by atoms with Crippen LogP contribution in [0.3, 0.4) is 0 Å². The summed E-state index contributed by atoms with van der Waals surface area (Å²) in [5.74, 6) is 0.267. The molecule has 0 saturated carbocycles. The Morgan fingerprint density at radius 1 is 0.662 bits per heavy atom. The van der Waals surface area contributed by atoms with Crippen molar-refractivity contribution in [2.75, 3.05) is 25.6 Å². The molecule has 20 heteroatoms. The van der Waals surface area contributed by atoms with Gasteiger partial charge in [0.2, 0.25) is 0 Å². The van der Waals surface area contributed by atoms with Crippen LogP contribution in [0.15, 0.2) is 17.1 Å². The van der Waals surface area contributed by atoms with E-state index in [-0.39, 0.29) is 18.7 Å². The molecule has 18 nitrogen and oxygen atoms in total. The molecule has 7 atom stereocenters. The largest absolute Gasteiger partial charge is 0.481 e. The molecule has 68 heavy (non-hydrogen) atoms. The lowest BCUT2D eigenvalue weighted by Crippen LogP contribution is -2.36. The summed E-state index contributed by atoms with van der Waals surface area (Å²) in [5.41, 5.74) is 4.59. The average molecular weight is 1010 g/mol. The number of nitrogen functional groups attached to an aromatic ring is 1. The SMILES string of the molecule is CC(C)CCCCCCCCCCCCCCCCC(=O)OC[C@H](COP(=O)(O)OP(=O)(O)OC[C@H]1O[C@@H](n2ccc(N)nc2=O)C(O)[C@H]1O)OC(=O)CCCCCCCCCCCCC(C)C. The molecule has 0 bridgehead atoms. The van der Waals surface area contributed by atoms with Gasteiger partial charge >= 0.3 is 33.3 Å². The van der Waals surface area contributed by atoms with Crippen molar-refractivity contribution in [3.63, 3.8) is 0 Å². The van der Waals surface area contributed by atoms with Crippen molar-refractivity contribution in [2.45, 2.75) is 238 Å². The third-order valence-electron chi connectivity index (χ3n) is 12.0. The average Bonchev–Trinajstić information content (AvgIpc) is 3.55. The third kappa shape index (κ3) is 29.8. The summed E-state index contributed by atoms with van der Waals surface area (Å²) in [6, 6.07) is 1.25. The number of carbonyl (C=O) groups is 2. The van der Waals surface area contributed by atoms with Crippen LogP contribution in [0.25, 0.3) is 0 Å². The number of unbranched alkanes of at least 4 members (excludes halogenated alkanes) is 22. The first kappa shape index (κ1) is 61.9. The van der Waals surface area contributed by atoms with E-state index in [1.807, 2.05) is 0 Å². The first-order valence-electron chi connectivity index (χ1n) is 25.8. The van der Waals surface area contributed by atoms with Crippen molar-refractivity contribution in [3.8, 4) is 0 Å². The Morgan fingerprint density at radius 3 is 1.54 bits per heavy atom. The number of hydrogen-bond acceptors (Lipinski definition) is 15. The van der Waals surface area contributed by atoms with Crippen LogP contribution in [-0.4, -0.2) is 85.7 Å². The molecule has 1 aliphatic rings. The summed E-state index contributed by atoms with van der Waals surface area (Å²) in [5, 5.41) is 20.9. The van der Waals surface area contributed by atoms with E-state index in [0.29, 0.717) is 12.8 Å². The van der Waals surface area contributed by atoms with Crippen molar-refractivity contribution in [2.24, 2.45) is 11.8 Å². The molecule has 0 aromatic carbocycles. The number of nitrogens with zero attached hydrogens (tertiary/aromatic N) is 2. The number of rotatable bonds is 42. The number of esters is 2. The molecule has 1 aromatic heterocycles. The third-order valence-corrected chi connectivity index (χ3v) is 14.6. The minimum atomic E-state index is -5.42. The molecule has 0 amide bonds. The van der Waals surface area contributed by atoms with Crippen molar-refractivity contribution in [1.29, 1.82) is 0 Å². The number of nitrogens with two attached hydrogens (primary N) is 1. The minimum absolute atomic E-state index is 0.0556. The molecular weight excluding hydrogens is 920 g/mol. The molecule has 396 valence electrons. The van der Waals surface area contributed by atoms with E-state index in [4.69, 9.17) is 29.0 Å². The maximum Gasteiger partial charge on any atom is 0.481 e. The van der Waals surface area contributed by atoms with Gasteiger partial charge in [-0.15, -0.1) is 0 Å². The Labute approximate surface area is 406 Å². The van der Waals surface area contributed by atoms with Crippen molar-refractivity contribution in [1.82, 2.24) is 9.55 Å². The van der Waals surface area contributed by atoms with Crippen LogP contribution in [0, 0.1) is 11.8 Å². The molecule has 0 radical (unpaired) electrons. The van der Waals surface area contributed by atoms with Gasteiger partial charge < -0.3 is 39.9 Å². The summed E-state index contributed by atoms with van der Waals surface area (Å²) < 4.78 is 56.8. The Morgan fingerprint density at radius 2 is 1.09 bits per heavy atom. The number of aromatic nitrogens is 2. The van der Waals surface area contributed by atoms with Gasteiger partial charge in [-0.3, -0.25) is 23.2 Å². The van der Waals surface area contributed by atoms with Gasteiger partial charge in [-0.1, -0.05) is 182 Å². The number of carbonyl (C=O) groups excluding carboxylic acids is 2. The first-order valence-corrected chi connectivity index (χ1v) is 28.8. The normalized spacial score (nSPS) is 19.6. The van der Waals surface area contributed by atoms with Gasteiger partial charge in [0.05, 0.1) is 13.2 Å². The molecule has 6 N–H and O–H groups in total. The maximum absolute atomic E-state index is 12.8. The highest BCUT2D eigenvalue weighted by Gasteiger charge is 2.46. The van der Waals surface area contributed by atoms with Crippen LogP contribution in [0.1, 0.15) is 214 Å². The summed E-state index contributed by atoms with van der Waals surface area (Å²) in [6.45, 7) is 6.79. The van der Waals surface area contributed by atoms with Gasteiger partial charge in [-0.2, -0.15) is 9.29 Å². The number of aliphatic hydroxyl groups is 2. The zero-order valence-electron chi connectivity index (χ0n) is 41.8. The predicted molar refractivity (Wildman–Crippen MR) is 261 cm³/mol. The summed E-state index contributed by atoms with van der Waals surface area (Å²) in [6.07, 6.45) is 23.4. The maximum atomic E-state index is 12.8. The molecule has 3 unspecified atom stereocenters. The van der Waals surface area contributed by atoms with Crippen LogP contribution >= 0.6 is 15.6 Å². The monoisotopic (exact) mass is 1010 g/mol. The van der Waals surface area contributed by atoms with Gasteiger partial charge in [-0.25, -0.2) is 13.9 Å². The van der Waals surface area contributed by atoms with Gasteiger partial charge in [0, 0.05) is 19.0 Å². The highest BCUT2D eigenvalue weighted by Crippen LogP contribution is 2.60. The van der Waals surface area contributed by atoms with Gasteiger partial charge in [0.25, 0.3) is 0 Å². The molecule has 1 saturated heterocycles. The number of anilines is 1. The minimum Gasteiger partial charge on any atom is -0.462 e. The second kappa shape index (κ2) is 35.8. The molecule has 2 rings (SSSR count). The molecule has 1 aliphatic heterocycles. The number of phosphoric ester groups is 2. The lowest BCUT2D eigenvalue weighted by molar-refractivity contribution is -0.161. The highest BCUT2D eigenvalue weighted by atomic mass is 31.3. The fraction of sp³-hybridized carbons (Fsp3) is 0.875. The van der Waals surface area contributed by atoms with Crippen molar-refractivity contribution in [3.05, 3.63) is 22.7 Å². The molecule has 0 spiro atoms. The van der Waals surface area contributed by atoms with E-state index >= 15 is 0 Å². The standard InChI is InChI=1S/C48H89N3O15P2/c1-38(2)29-25-21-17-13-9-7-5-6-8-10-15-19-23-27-31-43(52)61-35-40(64-44(53)32-28-24-20-16-12-11-14-18-22-26-30-39(3)4)36-62-67(57,58)66-68(59,60)63-37-41-45(54)46(55)47(65-41)51-34-33-42(49)50-48(51)56/h33-34,38-41,45-47,54-55H,5-32,35-37H2,1-4H3,(H,57,58)(H,59,60)(H2,49,50,56)/t40-,41-,45+,46?,47-/m1/s1. The van der Waals surface area contributed by atoms with E-state index in [9.17, 15) is 43.5 Å². The molecule has 2 heterocycles. The number of phosphoric acid groups is 2. The zero-order valence-corrected chi connectivity index (χ0v) is 43.6. The van der Waals surface area contributed by atoms with Crippen LogP contribution < -0.4 is 11.4 Å². The number of ether oxygens (including phenoxy) is 3. The summed E-state index contributed by atoms with van der Waals surface area (Å²) in [7, 11) is -10.8. The summed E-state index contributed by atoms with van der Waals surface area (Å²) >= 11 is 0. The van der Waals surface area contributed by atoms with Crippen LogP contribution in [0.4, 0.5) is 5.82 Å². The lowest BCUT2D eigenvalue weighted by atomic mass is 10.0. The summed E-state index contributed by atoms with van der Waals surface area (Å²) in [4.78, 5) is 61.9. The topological polar surface area (TPSA) is 265 Å². The van der Waals surface area contributed by atoms with E-state index in [2.05, 4.69) is 37.0 Å².